The first-order valence-corrected chi connectivity index (χ1v) is 7.92. The van der Waals surface area contributed by atoms with Gasteiger partial charge in [-0.15, -0.1) is 11.3 Å². The zero-order chi connectivity index (χ0) is 13.4. The molecule has 2 rings (SSSR count). The Labute approximate surface area is 124 Å². The lowest BCUT2D eigenvalue weighted by atomic mass is 9.94. The molecule has 0 spiro atoms. The summed E-state index contributed by atoms with van der Waals surface area (Å²) in [5.41, 5.74) is 6.22. The number of nitrogens with two attached hydrogens (primary N) is 1. The number of halogens is 2. The normalized spacial score (nSPS) is 25.0. The van der Waals surface area contributed by atoms with Gasteiger partial charge in [-0.2, -0.15) is 0 Å². The van der Waals surface area contributed by atoms with Crippen LogP contribution in [-0.2, 0) is 4.79 Å². The number of hydrogen-bond donors (Lipinski definition) is 1. The molecule has 1 saturated heterocycles. The molecular formula is C12H16BrClN2OS. The first-order valence-electron chi connectivity index (χ1n) is 5.93. The summed E-state index contributed by atoms with van der Waals surface area (Å²) in [6, 6.07) is 2.05. The molecule has 1 fully saturated rings. The molecule has 1 aromatic rings. The van der Waals surface area contributed by atoms with Crippen LogP contribution in [0, 0.1) is 0 Å². The molecule has 100 valence electrons. The number of carbonyl (C=O) groups is 1. The molecule has 2 N–H and O–H groups in total. The van der Waals surface area contributed by atoms with E-state index in [2.05, 4.69) is 15.9 Å². The molecule has 1 aliphatic rings. The SMILES string of the molecule is CC(C)N1C(=O)CCC(N)C1c1cc(Br)c(Cl)s1. The van der Waals surface area contributed by atoms with E-state index < -0.39 is 0 Å². The van der Waals surface area contributed by atoms with E-state index in [1.807, 2.05) is 24.8 Å². The van der Waals surface area contributed by atoms with E-state index in [4.69, 9.17) is 17.3 Å². The molecule has 2 heterocycles. The van der Waals surface area contributed by atoms with Gasteiger partial charge in [0.2, 0.25) is 5.91 Å². The number of carbonyl (C=O) groups excluding carboxylic acids is 1. The van der Waals surface area contributed by atoms with Crippen LogP contribution in [0.25, 0.3) is 0 Å². The quantitative estimate of drug-likeness (QED) is 0.885. The average molecular weight is 352 g/mol. The summed E-state index contributed by atoms with van der Waals surface area (Å²) >= 11 is 11.0. The molecule has 0 aliphatic carbocycles. The Balaban J connectivity index is 2.39. The highest BCUT2D eigenvalue weighted by molar-refractivity contribution is 9.10. The van der Waals surface area contributed by atoms with E-state index in [0.717, 1.165) is 15.8 Å². The fourth-order valence-corrected chi connectivity index (χ4v) is 4.32. The zero-order valence-electron chi connectivity index (χ0n) is 10.3. The molecule has 0 saturated carbocycles. The number of amides is 1. The third kappa shape index (κ3) is 2.59. The van der Waals surface area contributed by atoms with Crippen molar-refractivity contribution in [3.05, 3.63) is 19.8 Å². The predicted molar refractivity (Wildman–Crippen MR) is 79.0 cm³/mol. The van der Waals surface area contributed by atoms with Gasteiger partial charge in [0.25, 0.3) is 0 Å². The second kappa shape index (κ2) is 5.49. The molecule has 1 aromatic heterocycles. The Bertz CT molecular complexity index is 443. The van der Waals surface area contributed by atoms with E-state index in [0.29, 0.717) is 10.8 Å². The number of rotatable bonds is 2. The summed E-state index contributed by atoms with van der Waals surface area (Å²) in [7, 11) is 0. The maximum absolute atomic E-state index is 12.1. The van der Waals surface area contributed by atoms with Gasteiger partial charge in [-0.3, -0.25) is 4.79 Å². The smallest absolute Gasteiger partial charge is 0.223 e. The van der Waals surface area contributed by atoms with Gasteiger partial charge in [-0.05, 0) is 42.3 Å². The standard InChI is InChI=1S/C12H16BrClN2OS/c1-6(2)16-10(17)4-3-8(15)11(16)9-5-7(13)12(14)18-9/h5-6,8,11H,3-4,15H2,1-2H3. The summed E-state index contributed by atoms with van der Waals surface area (Å²) in [5.74, 6) is 0.178. The van der Waals surface area contributed by atoms with Crippen LogP contribution in [0.15, 0.2) is 10.5 Å². The molecule has 0 aromatic carbocycles. The summed E-state index contributed by atoms with van der Waals surface area (Å²) in [6.45, 7) is 4.04. The van der Waals surface area contributed by atoms with Gasteiger partial charge in [0.05, 0.1) is 6.04 Å². The van der Waals surface area contributed by atoms with Crippen LogP contribution in [-0.4, -0.2) is 22.9 Å². The molecule has 2 unspecified atom stereocenters. The Morgan fingerprint density at radius 2 is 2.28 bits per heavy atom. The van der Waals surface area contributed by atoms with Crippen LogP contribution in [0.3, 0.4) is 0 Å². The Hall–Kier alpha value is -0.100. The third-order valence-electron chi connectivity index (χ3n) is 3.20. The Morgan fingerprint density at radius 1 is 1.61 bits per heavy atom. The minimum atomic E-state index is -0.0555. The first kappa shape index (κ1) is 14.3. The fraction of sp³-hybridized carbons (Fsp3) is 0.583. The molecule has 1 amide bonds. The van der Waals surface area contributed by atoms with E-state index in [9.17, 15) is 4.79 Å². The van der Waals surface area contributed by atoms with Crippen molar-refractivity contribution in [1.29, 1.82) is 0 Å². The number of piperidine rings is 1. The monoisotopic (exact) mass is 350 g/mol. The molecule has 2 atom stereocenters. The number of likely N-dealkylation sites (tertiary alicyclic amines) is 1. The topological polar surface area (TPSA) is 46.3 Å². The van der Waals surface area contributed by atoms with Gasteiger partial charge in [0.1, 0.15) is 4.34 Å². The number of nitrogens with zero attached hydrogens (tertiary/aromatic N) is 1. The zero-order valence-corrected chi connectivity index (χ0v) is 13.5. The second-order valence-electron chi connectivity index (χ2n) is 4.81. The molecule has 3 nitrogen and oxygen atoms in total. The van der Waals surface area contributed by atoms with E-state index in [-0.39, 0.29) is 24.0 Å². The van der Waals surface area contributed by atoms with Crippen LogP contribution < -0.4 is 5.73 Å². The largest absolute Gasteiger partial charge is 0.331 e. The summed E-state index contributed by atoms with van der Waals surface area (Å²) < 4.78 is 1.58. The number of thiophene rings is 1. The summed E-state index contributed by atoms with van der Waals surface area (Å²) in [4.78, 5) is 15.0. The third-order valence-corrected chi connectivity index (χ3v) is 5.74. The van der Waals surface area contributed by atoms with Crippen LogP contribution in [0.5, 0.6) is 0 Å². The maximum atomic E-state index is 12.1. The lowest BCUT2D eigenvalue weighted by Gasteiger charge is -2.41. The Morgan fingerprint density at radius 3 is 2.78 bits per heavy atom. The van der Waals surface area contributed by atoms with Crippen molar-refractivity contribution in [2.75, 3.05) is 0 Å². The Kier molecular flexibility index (Phi) is 4.36. The summed E-state index contributed by atoms with van der Waals surface area (Å²) in [5, 5.41) is 0. The molecular weight excluding hydrogens is 336 g/mol. The lowest BCUT2D eigenvalue weighted by molar-refractivity contribution is -0.139. The maximum Gasteiger partial charge on any atom is 0.223 e. The highest BCUT2D eigenvalue weighted by atomic mass is 79.9. The molecule has 1 aliphatic heterocycles. The van der Waals surface area contributed by atoms with Gasteiger partial charge in [0, 0.05) is 27.9 Å². The van der Waals surface area contributed by atoms with Crippen molar-refractivity contribution in [3.63, 3.8) is 0 Å². The van der Waals surface area contributed by atoms with E-state index in [1.54, 1.807) is 0 Å². The van der Waals surface area contributed by atoms with Crippen molar-refractivity contribution >= 4 is 44.8 Å². The van der Waals surface area contributed by atoms with Crippen LogP contribution >= 0.6 is 38.9 Å². The lowest BCUT2D eigenvalue weighted by Crippen LogP contribution is -2.51. The van der Waals surface area contributed by atoms with Crippen molar-refractivity contribution in [1.82, 2.24) is 4.90 Å². The summed E-state index contributed by atoms with van der Waals surface area (Å²) in [6.07, 6.45) is 1.27. The van der Waals surface area contributed by atoms with Gasteiger partial charge >= 0.3 is 0 Å². The van der Waals surface area contributed by atoms with Crippen LogP contribution in [0.1, 0.15) is 37.6 Å². The van der Waals surface area contributed by atoms with E-state index >= 15 is 0 Å². The minimum absolute atomic E-state index is 0.0216. The molecule has 18 heavy (non-hydrogen) atoms. The first-order chi connectivity index (χ1) is 8.41. The molecule has 0 bridgehead atoms. The van der Waals surface area contributed by atoms with Gasteiger partial charge in [0.15, 0.2) is 0 Å². The highest BCUT2D eigenvalue weighted by Crippen LogP contribution is 2.41. The molecule has 6 heteroatoms. The minimum Gasteiger partial charge on any atom is -0.331 e. The van der Waals surface area contributed by atoms with Crippen molar-refractivity contribution in [2.24, 2.45) is 5.73 Å². The van der Waals surface area contributed by atoms with Gasteiger partial charge < -0.3 is 10.6 Å². The van der Waals surface area contributed by atoms with Crippen molar-refractivity contribution < 1.29 is 4.79 Å². The predicted octanol–water partition coefficient (Wildman–Crippen LogP) is 3.56. The van der Waals surface area contributed by atoms with Crippen LogP contribution in [0.2, 0.25) is 4.34 Å². The second-order valence-corrected chi connectivity index (χ2v) is 7.35. The van der Waals surface area contributed by atoms with Gasteiger partial charge in [-0.25, -0.2) is 0 Å². The van der Waals surface area contributed by atoms with Gasteiger partial charge in [-0.1, -0.05) is 11.6 Å². The fourth-order valence-electron chi connectivity index (χ4n) is 2.40. The van der Waals surface area contributed by atoms with E-state index in [1.165, 1.54) is 11.3 Å². The number of hydrogen-bond acceptors (Lipinski definition) is 3. The average Bonchev–Trinajstić information content (AvgIpc) is 2.61. The molecule has 0 radical (unpaired) electrons. The van der Waals surface area contributed by atoms with Crippen molar-refractivity contribution in [2.45, 2.75) is 44.8 Å². The highest BCUT2D eigenvalue weighted by Gasteiger charge is 2.37. The van der Waals surface area contributed by atoms with Crippen molar-refractivity contribution in [3.8, 4) is 0 Å². The van der Waals surface area contributed by atoms with Crippen LogP contribution in [0.4, 0.5) is 0 Å².